The van der Waals surface area contributed by atoms with E-state index in [1.54, 1.807) is 13.0 Å². The molecule has 1 rings (SSSR count). The van der Waals surface area contributed by atoms with Gasteiger partial charge in [0, 0.05) is 9.13 Å². The molecule has 0 heterocycles. The molecule has 0 saturated carbocycles. The number of carbonyl (C=O) groups is 1. The lowest BCUT2D eigenvalue weighted by atomic mass is 10.1. The molecular weight excluding hydrogens is 397 g/mol. The van der Waals surface area contributed by atoms with Crippen molar-refractivity contribution in [3.05, 3.63) is 27.3 Å². The minimum atomic E-state index is -2.89. The number of ether oxygens (including phenoxy) is 1. The number of carbonyl (C=O) groups excluding carboxylic acids is 1. The first-order chi connectivity index (χ1) is 7.40. The van der Waals surface area contributed by atoms with Gasteiger partial charge in [-0.05, 0) is 47.7 Å². The van der Waals surface area contributed by atoms with Gasteiger partial charge in [-0.15, -0.1) is 0 Å². The summed E-state index contributed by atoms with van der Waals surface area (Å²) in [4.78, 5) is 11.3. The number of Topliss-reactive ketones (excluding diaryl/α,β-unsaturated/α-hetero) is 1. The molecule has 0 aliphatic rings. The molecule has 0 aliphatic carbocycles. The number of rotatable bonds is 4. The Morgan fingerprint density at radius 1 is 1.44 bits per heavy atom. The lowest BCUT2D eigenvalue weighted by molar-refractivity contribution is -0.0499. The summed E-state index contributed by atoms with van der Waals surface area (Å²) in [5.41, 5.74) is 0.354. The summed E-state index contributed by atoms with van der Waals surface area (Å²) in [5.74, 6) is -0.170. The van der Waals surface area contributed by atoms with E-state index in [2.05, 4.69) is 20.7 Å². The maximum Gasteiger partial charge on any atom is 0.387 e. The molecule has 1 atom stereocenters. The van der Waals surface area contributed by atoms with Crippen LogP contribution in [-0.4, -0.2) is 17.2 Å². The molecule has 1 aromatic rings. The molecule has 0 aromatic heterocycles. The monoisotopic (exact) mass is 404 g/mol. The maximum absolute atomic E-state index is 12.0. The van der Waals surface area contributed by atoms with Crippen LogP contribution in [0.1, 0.15) is 17.3 Å². The molecule has 16 heavy (non-hydrogen) atoms. The third kappa shape index (κ3) is 3.97. The standard InChI is InChI=1S/C10H8BrF2IO2/c1-5(11)9(15)6-2-7(14)4-8(3-6)16-10(12)13/h2-5,10H,1H3. The summed E-state index contributed by atoms with van der Waals surface area (Å²) in [5, 5.41) is 0. The first-order valence-electron chi connectivity index (χ1n) is 4.34. The van der Waals surface area contributed by atoms with E-state index in [0.717, 1.165) is 0 Å². The van der Waals surface area contributed by atoms with Crippen LogP contribution in [0.15, 0.2) is 18.2 Å². The number of hydrogen-bond acceptors (Lipinski definition) is 2. The summed E-state index contributed by atoms with van der Waals surface area (Å²) in [7, 11) is 0. The Balaban J connectivity index is 3.03. The van der Waals surface area contributed by atoms with E-state index in [4.69, 9.17) is 0 Å². The molecule has 0 radical (unpaired) electrons. The van der Waals surface area contributed by atoms with Crippen molar-refractivity contribution in [3.63, 3.8) is 0 Å². The summed E-state index contributed by atoms with van der Waals surface area (Å²) in [6.45, 7) is -1.21. The highest BCUT2D eigenvalue weighted by molar-refractivity contribution is 14.1. The summed E-state index contributed by atoms with van der Waals surface area (Å²) in [6.07, 6.45) is 0. The van der Waals surface area contributed by atoms with Crippen molar-refractivity contribution in [3.8, 4) is 5.75 Å². The van der Waals surface area contributed by atoms with Gasteiger partial charge in [0.2, 0.25) is 0 Å². The Bertz CT molecular complexity index is 396. The van der Waals surface area contributed by atoms with E-state index in [1.165, 1.54) is 12.1 Å². The Labute approximate surface area is 114 Å². The number of benzene rings is 1. The fourth-order valence-corrected chi connectivity index (χ4v) is 2.01. The van der Waals surface area contributed by atoms with E-state index >= 15 is 0 Å². The quantitative estimate of drug-likeness (QED) is 0.432. The van der Waals surface area contributed by atoms with Gasteiger partial charge in [-0.2, -0.15) is 8.78 Å². The molecule has 6 heteroatoms. The summed E-state index contributed by atoms with van der Waals surface area (Å²) >= 11 is 5.08. The van der Waals surface area contributed by atoms with Crippen LogP contribution in [-0.2, 0) is 0 Å². The van der Waals surface area contributed by atoms with Crippen LogP contribution in [0, 0.1) is 3.57 Å². The lowest BCUT2D eigenvalue weighted by Crippen LogP contribution is -2.11. The van der Waals surface area contributed by atoms with E-state index in [0.29, 0.717) is 9.13 Å². The average Bonchev–Trinajstić information content (AvgIpc) is 2.14. The Hall–Kier alpha value is -0.240. The van der Waals surface area contributed by atoms with E-state index < -0.39 is 6.61 Å². The van der Waals surface area contributed by atoms with Gasteiger partial charge in [0.25, 0.3) is 0 Å². The smallest absolute Gasteiger partial charge is 0.387 e. The Morgan fingerprint density at radius 3 is 2.56 bits per heavy atom. The van der Waals surface area contributed by atoms with Crippen molar-refractivity contribution in [1.82, 2.24) is 0 Å². The Morgan fingerprint density at radius 2 is 2.06 bits per heavy atom. The second-order valence-corrected chi connectivity index (χ2v) is 5.65. The van der Waals surface area contributed by atoms with E-state index in [9.17, 15) is 13.6 Å². The molecule has 88 valence electrons. The predicted octanol–water partition coefficient (Wildman–Crippen LogP) is 3.86. The third-order valence-electron chi connectivity index (χ3n) is 1.74. The van der Waals surface area contributed by atoms with Crippen molar-refractivity contribution in [2.45, 2.75) is 18.4 Å². The fourth-order valence-electron chi connectivity index (χ4n) is 1.11. The zero-order chi connectivity index (χ0) is 12.3. The molecule has 0 saturated heterocycles. The van der Waals surface area contributed by atoms with Gasteiger partial charge < -0.3 is 4.74 Å². The van der Waals surface area contributed by atoms with Crippen LogP contribution in [0.5, 0.6) is 5.75 Å². The van der Waals surface area contributed by atoms with Crippen LogP contribution < -0.4 is 4.74 Å². The minimum Gasteiger partial charge on any atom is -0.435 e. The fraction of sp³-hybridized carbons (Fsp3) is 0.300. The Kier molecular flexibility index (Phi) is 5.10. The largest absolute Gasteiger partial charge is 0.435 e. The van der Waals surface area contributed by atoms with Crippen molar-refractivity contribution in [1.29, 1.82) is 0 Å². The first kappa shape index (κ1) is 13.8. The molecule has 2 nitrogen and oxygen atoms in total. The molecule has 0 spiro atoms. The highest BCUT2D eigenvalue weighted by Gasteiger charge is 2.15. The zero-order valence-electron chi connectivity index (χ0n) is 8.22. The molecule has 0 bridgehead atoms. The van der Waals surface area contributed by atoms with Gasteiger partial charge >= 0.3 is 6.61 Å². The van der Waals surface area contributed by atoms with Crippen molar-refractivity contribution >= 4 is 44.3 Å². The van der Waals surface area contributed by atoms with Gasteiger partial charge in [0.1, 0.15) is 5.75 Å². The topological polar surface area (TPSA) is 26.3 Å². The molecule has 0 aliphatic heterocycles. The third-order valence-corrected chi connectivity index (χ3v) is 2.78. The second-order valence-electron chi connectivity index (χ2n) is 3.03. The predicted molar refractivity (Wildman–Crippen MR) is 68.5 cm³/mol. The molecule has 0 fully saturated rings. The molecule has 0 N–H and O–H groups in total. The molecule has 0 amide bonds. The van der Waals surface area contributed by atoms with Gasteiger partial charge in [0.05, 0.1) is 4.83 Å². The molecule has 1 unspecified atom stereocenters. The van der Waals surface area contributed by atoms with Gasteiger partial charge in [-0.3, -0.25) is 4.79 Å². The van der Waals surface area contributed by atoms with E-state index in [1.807, 2.05) is 22.6 Å². The number of ketones is 1. The minimum absolute atomic E-state index is 0.00148. The van der Waals surface area contributed by atoms with Crippen LogP contribution in [0.25, 0.3) is 0 Å². The molecule has 1 aromatic carbocycles. The van der Waals surface area contributed by atoms with E-state index in [-0.39, 0.29) is 16.4 Å². The number of hydrogen-bond donors (Lipinski definition) is 0. The number of halogens is 4. The van der Waals surface area contributed by atoms with Gasteiger partial charge in [-0.25, -0.2) is 0 Å². The van der Waals surface area contributed by atoms with Gasteiger partial charge in [0.15, 0.2) is 5.78 Å². The number of alkyl halides is 3. The highest BCUT2D eigenvalue weighted by Crippen LogP contribution is 2.22. The average molecular weight is 405 g/mol. The maximum atomic E-state index is 12.0. The van der Waals surface area contributed by atoms with Crippen LogP contribution in [0.2, 0.25) is 0 Å². The van der Waals surface area contributed by atoms with Crippen molar-refractivity contribution < 1.29 is 18.3 Å². The van der Waals surface area contributed by atoms with Crippen LogP contribution in [0.4, 0.5) is 8.78 Å². The lowest BCUT2D eigenvalue weighted by Gasteiger charge is -2.08. The van der Waals surface area contributed by atoms with Crippen LogP contribution in [0.3, 0.4) is 0 Å². The SMILES string of the molecule is CC(Br)C(=O)c1cc(I)cc(OC(F)F)c1. The highest BCUT2D eigenvalue weighted by atomic mass is 127. The molecular formula is C10H8BrF2IO2. The normalized spacial score (nSPS) is 12.6. The van der Waals surface area contributed by atoms with Crippen molar-refractivity contribution in [2.75, 3.05) is 0 Å². The second kappa shape index (κ2) is 5.90. The first-order valence-corrected chi connectivity index (χ1v) is 6.33. The van der Waals surface area contributed by atoms with Gasteiger partial charge in [-0.1, -0.05) is 15.9 Å². The van der Waals surface area contributed by atoms with Crippen LogP contribution >= 0.6 is 38.5 Å². The van der Waals surface area contributed by atoms with Crippen molar-refractivity contribution in [2.24, 2.45) is 0 Å². The zero-order valence-corrected chi connectivity index (χ0v) is 12.0. The summed E-state index contributed by atoms with van der Waals surface area (Å²) in [6, 6.07) is 4.38. The summed E-state index contributed by atoms with van der Waals surface area (Å²) < 4.78 is 29.0.